The van der Waals surface area contributed by atoms with Gasteiger partial charge in [-0.3, -0.25) is 9.78 Å². The van der Waals surface area contributed by atoms with Gasteiger partial charge in [0.05, 0.1) is 0 Å². The number of para-hydroxylation sites is 1. The molecule has 0 unspecified atom stereocenters. The van der Waals surface area contributed by atoms with Crippen LogP contribution >= 0.6 is 0 Å². The zero-order valence-corrected chi connectivity index (χ0v) is 12.7. The number of amides is 1. The zero-order chi connectivity index (χ0) is 15.4. The summed E-state index contributed by atoms with van der Waals surface area (Å²) >= 11 is 0. The van der Waals surface area contributed by atoms with Gasteiger partial charge in [-0.1, -0.05) is 24.3 Å². The second-order valence-corrected chi connectivity index (χ2v) is 5.66. The standard InChI is InChI=1S/C18H20N2O2/c1-13(22-16-5-3-2-4-6-16)18(21)20-12-14-7-10-17(19-11-14)15-8-9-15/h2-7,10-11,13,15H,8-9,12H2,1H3,(H,20,21)/t13-/m0/s1. The largest absolute Gasteiger partial charge is 0.481 e. The van der Waals surface area contributed by atoms with E-state index in [1.165, 1.54) is 12.8 Å². The van der Waals surface area contributed by atoms with E-state index in [-0.39, 0.29) is 5.91 Å². The van der Waals surface area contributed by atoms with E-state index >= 15 is 0 Å². The molecule has 0 spiro atoms. The number of hydrogen-bond acceptors (Lipinski definition) is 3. The molecule has 4 nitrogen and oxygen atoms in total. The topological polar surface area (TPSA) is 51.2 Å². The predicted molar refractivity (Wildman–Crippen MR) is 84.6 cm³/mol. The third-order valence-corrected chi connectivity index (χ3v) is 3.74. The maximum Gasteiger partial charge on any atom is 0.261 e. The van der Waals surface area contributed by atoms with Crippen molar-refractivity contribution >= 4 is 5.91 Å². The van der Waals surface area contributed by atoms with E-state index in [0.717, 1.165) is 11.3 Å². The molecule has 1 aliphatic carbocycles. The van der Waals surface area contributed by atoms with Crippen LogP contribution in [0.1, 0.15) is 36.9 Å². The highest BCUT2D eigenvalue weighted by Crippen LogP contribution is 2.38. The fourth-order valence-corrected chi connectivity index (χ4v) is 2.25. The van der Waals surface area contributed by atoms with Gasteiger partial charge in [-0.15, -0.1) is 0 Å². The van der Waals surface area contributed by atoms with Crippen LogP contribution in [0.4, 0.5) is 0 Å². The van der Waals surface area contributed by atoms with Crippen molar-refractivity contribution in [1.82, 2.24) is 10.3 Å². The second kappa shape index (κ2) is 6.60. The van der Waals surface area contributed by atoms with Crippen molar-refractivity contribution in [3.63, 3.8) is 0 Å². The fourth-order valence-electron chi connectivity index (χ4n) is 2.25. The van der Waals surface area contributed by atoms with Crippen molar-refractivity contribution < 1.29 is 9.53 Å². The molecule has 1 aliphatic rings. The Morgan fingerprint density at radius 1 is 1.27 bits per heavy atom. The SMILES string of the molecule is C[C@H](Oc1ccccc1)C(=O)NCc1ccc(C2CC2)nc1. The molecule has 2 aromatic rings. The van der Waals surface area contributed by atoms with Gasteiger partial charge in [-0.25, -0.2) is 0 Å². The summed E-state index contributed by atoms with van der Waals surface area (Å²) in [7, 11) is 0. The highest BCUT2D eigenvalue weighted by molar-refractivity contribution is 5.80. The molecule has 1 N–H and O–H groups in total. The number of hydrogen-bond donors (Lipinski definition) is 1. The van der Waals surface area contributed by atoms with Crippen LogP contribution in [-0.4, -0.2) is 17.0 Å². The zero-order valence-electron chi connectivity index (χ0n) is 12.7. The van der Waals surface area contributed by atoms with E-state index in [2.05, 4.69) is 16.4 Å². The summed E-state index contributed by atoms with van der Waals surface area (Å²) in [6.45, 7) is 2.22. The number of rotatable bonds is 6. The van der Waals surface area contributed by atoms with Gasteiger partial charge in [0.15, 0.2) is 6.10 Å². The maximum absolute atomic E-state index is 12.0. The van der Waals surface area contributed by atoms with E-state index in [9.17, 15) is 4.79 Å². The van der Waals surface area contributed by atoms with Crippen molar-refractivity contribution in [3.8, 4) is 5.75 Å². The molecule has 22 heavy (non-hydrogen) atoms. The van der Waals surface area contributed by atoms with Gasteiger partial charge in [-0.05, 0) is 43.5 Å². The van der Waals surface area contributed by atoms with Crippen LogP contribution in [0.15, 0.2) is 48.7 Å². The Balaban J connectivity index is 1.48. The monoisotopic (exact) mass is 296 g/mol. The summed E-state index contributed by atoms with van der Waals surface area (Å²) < 4.78 is 5.60. The first-order valence-electron chi connectivity index (χ1n) is 7.66. The first-order valence-corrected chi connectivity index (χ1v) is 7.66. The van der Waals surface area contributed by atoms with Gasteiger partial charge in [-0.2, -0.15) is 0 Å². The van der Waals surface area contributed by atoms with Crippen LogP contribution in [-0.2, 0) is 11.3 Å². The highest BCUT2D eigenvalue weighted by atomic mass is 16.5. The Labute approximate surface area is 130 Å². The lowest BCUT2D eigenvalue weighted by Crippen LogP contribution is -2.35. The van der Waals surface area contributed by atoms with Crippen LogP contribution in [0.2, 0.25) is 0 Å². The molecular weight excluding hydrogens is 276 g/mol. The lowest BCUT2D eigenvalue weighted by atomic mass is 10.2. The molecule has 1 fully saturated rings. The van der Waals surface area contributed by atoms with E-state index in [4.69, 9.17) is 4.74 Å². The van der Waals surface area contributed by atoms with Crippen molar-refractivity contribution in [3.05, 3.63) is 59.9 Å². The maximum atomic E-state index is 12.0. The molecule has 1 heterocycles. The minimum Gasteiger partial charge on any atom is -0.481 e. The van der Waals surface area contributed by atoms with Crippen molar-refractivity contribution in [1.29, 1.82) is 0 Å². The van der Waals surface area contributed by atoms with Gasteiger partial charge in [0.1, 0.15) is 5.75 Å². The Morgan fingerprint density at radius 3 is 2.68 bits per heavy atom. The number of pyridine rings is 1. The van der Waals surface area contributed by atoms with Crippen molar-refractivity contribution in [2.45, 2.75) is 38.3 Å². The number of carbonyl (C=O) groups is 1. The first kappa shape index (κ1) is 14.6. The second-order valence-electron chi connectivity index (χ2n) is 5.66. The molecule has 1 aromatic heterocycles. The summed E-state index contributed by atoms with van der Waals surface area (Å²) in [4.78, 5) is 16.5. The van der Waals surface area contributed by atoms with E-state index < -0.39 is 6.10 Å². The van der Waals surface area contributed by atoms with Gasteiger partial charge < -0.3 is 10.1 Å². The number of benzene rings is 1. The molecule has 0 radical (unpaired) electrons. The summed E-state index contributed by atoms with van der Waals surface area (Å²) in [6.07, 6.45) is 3.81. The van der Waals surface area contributed by atoms with Crippen LogP contribution in [0.3, 0.4) is 0 Å². The first-order chi connectivity index (χ1) is 10.7. The van der Waals surface area contributed by atoms with Gasteiger partial charge in [0.25, 0.3) is 5.91 Å². The van der Waals surface area contributed by atoms with Crippen LogP contribution in [0.5, 0.6) is 5.75 Å². The summed E-state index contributed by atoms with van der Waals surface area (Å²) in [6, 6.07) is 13.4. The molecular formula is C18H20N2O2. The third-order valence-electron chi connectivity index (χ3n) is 3.74. The minimum atomic E-state index is -0.527. The lowest BCUT2D eigenvalue weighted by Gasteiger charge is -2.14. The number of carbonyl (C=O) groups excluding carboxylic acids is 1. The quantitative estimate of drug-likeness (QED) is 0.891. The van der Waals surface area contributed by atoms with Crippen LogP contribution < -0.4 is 10.1 Å². The lowest BCUT2D eigenvalue weighted by molar-refractivity contribution is -0.127. The summed E-state index contributed by atoms with van der Waals surface area (Å²) in [5.41, 5.74) is 2.17. The molecule has 0 saturated heterocycles. The molecule has 1 aromatic carbocycles. The number of nitrogens with zero attached hydrogens (tertiary/aromatic N) is 1. The molecule has 1 amide bonds. The van der Waals surface area contributed by atoms with Gasteiger partial charge in [0, 0.05) is 24.4 Å². The smallest absolute Gasteiger partial charge is 0.261 e. The molecule has 1 atom stereocenters. The van der Waals surface area contributed by atoms with Crippen LogP contribution in [0.25, 0.3) is 0 Å². The number of ether oxygens (including phenoxy) is 1. The van der Waals surface area contributed by atoms with Gasteiger partial charge in [0.2, 0.25) is 0 Å². The number of aromatic nitrogens is 1. The van der Waals surface area contributed by atoms with E-state index in [1.807, 2.05) is 42.6 Å². The molecule has 0 bridgehead atoms. The van der Waals surface area contributed by atoms with E-state index in [1.54, 1.807) is 6.92 Å². The Kier molecular flexibility index (Phi) is 4.37. The summed E-state index contributed by atoms with van der Waals surface area (Å²) in [5, 5.41) is 2.88. The Hall–Kier alpha value is -2.36. The van der Waals surface area contributed by atoms with Crippen LogP contribution in [0, 0.1) is 0 Å². The van der Waals surface area contributed by atoms with E-state index in [0.29, 0.717) is 18.2 Å². The summed E-state index contributed by atoms with van der Waals surface area (Å²) in [5.74, 6) is 1.22. The highest BCUT2D eigenvalue weighted by Gasteiger charge is 2.24. The normalized spacial score (nSPS) is 15.1. The Morgan fingerprint density at radius 2 is 2.05 bits per heavy atom. The molecule has 3 rings (SSSR count). The fraction of sp³-hybridized carbons (Fsp3) is 0.333. The molecule has 114 valence electrons. The molecule has 0 aliphatic heterocycles. The van der Waals surface area contributed by atoms with Crippen molar-refractivity contribution in [2.24, 2.45) is 0 Å². The number of nitrogens with one attached hydrogen (secondary N) is 1. The predicted octanol–water partition coefficient (Wildman–Crippen LogP) is 3.04. The minimum absolute atomic E-state index is 0.130. The average Bonchev–Trinajstić information content (AvgIpc) is 3.39. The average molecular weight is 296 g/mol. The van der Waals surface area contributed by atoms with Crippen molar-refractivity contribution in [2.75, 3.05) is 0 Å². The molecule has 1 saturated carbocycles. The third kappa shape index (κ3) is 3.85. The van der Waals surface area contributed by atoms with Gasteiger partial charge >= 0.3 is 0 Å². The Bertz CT molecular complexity index is 621. The molecule has 4 heteroatoms.